The number of pyridine rings is 1. The van der Waals surface area contributed by atoms with Crippen LogP contribution in [0.5, 0.6) is 0 Å². The van der Waals surface area contributed by atoms with Gasteiger partial charge in [0, 0.05) is 14.1 Å². The molecule has 3 nitrogen and oxygen atoms in total. The monoisotopic (exact) mass is 231 g/mol. The fourth-order valence-corrected chi connectivity index (χ4v) is 1.09. The van der Waals surface area contributed by atoms with Gasteiger partial charge in [-0.3, -0.25) is 4.99 Å². The molecule has 1 heterocycles. The lowest BCUT2D eigenvalue weighted by molar-refractivity contribution is -0.141. The van der Waals surface area contributed by atoms with E-state index in [1.807, 2.05) is 0 Å². The molecule has 0 aromatic carbocycles. The van der Waals surface area contributed by atoms with Crippen LogP contribution in [-0.4, -0.2) is 24.9 Å². The van der Waals surface area contributed by atoms with Crippen LogP contribution in [-0.2, 0) is 6.18 Å². The van der Waals surface area contributed by atoms with E-state index >= 15 is 0 Å². The molecule has 1 rings (SSSR count). The van der Waals surface area contributed by atoms with Crippen LogP contribution < -0.4 is 4.90 Å². The lowest BCUT2D eigenvalue weighted by Crippen LogP contribution is -2.23. The highest BCUT2D eigenvalue weighted by Crippen LogP contribution is 2.28. The summed E-state index contributed by atoms with van der Waals surface area (Å²) in [6, 6.07) is 2.32. The zero-order valence-electron chi connectivity index (χ0n) is 9.21. The van der Waals surface area contributed by atoms with Gasteiger partial charge in [-0.05, 0) is 19.1 Å². The fourth-order valence-electron chi connectivity index (χ4n) is 1.09. The molecule has 0 saturated heterocycles. The molecule has 0 fully saturated rings. The van der Waals surface area contributed by atoms with Crippen molar-refractivity contribution >= 4 is 11.5 Å². The molecule has 1 aromatic heterocycles. The molecule has 1 aromatic rings. The number of hydrogen-bond acceptors (Lipinski definition) is 2. The van der Waals surface area contributed by atoms with Gasteiger partial charge < -0.3 is 4.90 Å². The molecule has 0 radical (unpaired) electrons. The van der Waals surface area contributed by atoms with E-state index in [1.165, 1.54) is 12.3 Å². The molecule has 88 valence electrons. The van der Waals surface area contributed by atoms with Gasteiger partial charge in [0.15, 0.2) is 0 Å². The Morgan fingerprint density at radius 3 is 2.38 bits per heavy atom. The Kier molecular flexibility index (Phi) is 3.51. The maximum atomic E-state index is 12.2. The number of hydrogen-bond donors (Lipinski definition) is 0. The summed E-state index contributed by atoms with van der Waals surface area (Å²) in [5, 5.41) is 0. The first-order valence-corrected chi connectivity index (χ1v) is 4.56. The molecule has 0 atom stereocenters. The van der Waals surface area contributed by atoms with Gasteiger partial charge in [0.05, 0.1) is 17.7 Å². The second-order valence-electron chi connectivity index (χ2n) is 3.23. The first-order valence-electron chi connectivity index (χ1n) is 4.56. The number of halogens is 3. The molecular formula is C10H12F3N3. The zero-order valence-corrected chi connectivity index (χ0v) is 9.21. The Morgan fingerprint density at radius 2 is 2.00 bits per heavy atom. The van der Waals surface area contributed by atoms with Gasteiger partial charge in [0.25, 0.3) is 0 Å². The van der Waals surface area contributed by atoms with Crippen molar-refractivity contribution < 1.29 is 13.2 Å². The summed E-state index contributed by atoms with van der Waals surface area (Å²) < 4.78 is 36.7. The number of rotatable bonds is 1. The minimum Gasteiger partial charge on any atom is -0.332 e. The first-order chi connectivity index (χ1) is 7.36. The predicted octanol–water partition coefficient (Wildman–Crippen LogP) is 2.58. The standard InChI is InChI=1S/C10H12F3N3/c1-7(14-2)16(3)8-4-5-9(15-6-8)10(11,12)13/h4-6H,1-3H3/b14-7-. The van der Waals surface area contributed by atoms with Crippen molar-refractivity contribution in [1.29, 1.82) is 0 Å². The van der Waals surface area contributed by atoms with Crippen LogP contribution in [0.3, 0.4) is 0 Å². The second-order valence-corrected chi connectivity index (χ2v) is 3.23. The smallest absolute Gasteiger partial charge is 0.332 e. The van der Waals surface area contributed by atoms with E-state index in [4.69, 9.17) is 0 Å². The SMILES string of the molecule is C/N=C(/C)N(C)c1ccc(C(F)(F)F)nc1. The zero-order chi connectivity index (χ0) is 12.3. The minimum absolute atomic E-state index is 0.566. The number of aromatic nitrogens is 1. The molecule has 0 aliphatic heterocycles. The van der Waals surface area contributed by atoms with E-state index in [-0.39, 0.29) is 0 Å². The maximum absolute atomic E-state index is 12.2. The third kappa shape index (κ3) is 2.71. The summed E-state index contributed by atoms with van der Waals surface area (Å²) in [7, 11) is 3.33. The molecule has 6 heteroatoms. The van der Waals surface area contributed by atoms with Crippen LogP contribution in [0, 0.1) is 0 Å². The molecule has 0 amide bonds. The molecule has 0 aliphatic carbocycles. The Labute approximate surface area is 91.6 Å². The lowest BCUT2D eigenvalue weighted by Gasteiger charge is -2.18. The van der Waals surface area contributed by atoms with Crippen LogP contribution in [0.25, 0.3) is 0 Å². The van der Waals surface area contributed by atoms with Crippen molar-refractivity contribution in [1.82, 2.24) is 4.98 Å². The molecule has 0 spiro atoms. The van der Waals surface area contributed by atoms with Gasteiger partial charge in [-0.25, -0.2) is 4.98 Å². The number of anilines is 1. The summed E-state index contributed by atoms with van der Waals surface area (Å²) in [6.07, 6.45) is -3.22. The van der Waals surface area contributed by atoms with E-state index in [1.54, 1.807) is 25.9 Å². The Balaban J connectivity index is 2.96. The lowest BCUT2D eigenvalue weighted by atomic mass is 10.3. The third-order valence-electron chi connectivity index (χ3n) is 2.23. The quantitative estimate of drug-likeness (QED) is 0.549. The highest BCUT2D eigenvalue weighted by molar-refractivity contribution is 5.95. The van der Waals surface area contributed by atoms with Gasteiger partial charge in [-0.1, -0.05) is 0 Å². The Bertz CT molecular complexity index is 381. The summed E-state index contributed by atoms with van der Waals surface area (Å²) in [5.74, 6) is 0.696. The molecule has 16 heavy (non-hydrogen) atoms. The van der Waals surface area contributed by atoms with Gasteiger partial charge >= 0.3 is 6.18 Å². The van der Waals surface area contributed by atoms with Crippen molar-refractivity contribution in [3.8, 4) is 0 Å². The molecule has 0 bridgehead atoms. The number of aliphatic imine (C=N–C) groups is 1. The van der Waals surface area contributed by atoms with E-state index < -0.39 is 11.9 Å². The van der Waals surface area contributed by atoms with Gasteiger partial charge in [-0.15, -0.1) is 0 Å². The van der Waals surface area contributed by atoms with Crippen molar-refractivity contribution in [2.45, 2.75) is 13.1 Å². The Morgan fingerprint density at radius 1 is 1.38 bits per heavy atom. The Hall–Kier alpha value is -1.59. The molecular weight excluding hydrogens is 219 g/mol. The highest BCUT2D eigenvalue weighted by Gasteiger charge is 2.32. The van der Waals surface area contributed by atoms with Crippen molar-refractivity contribution in [2.75, 3.05) is 19.0 Å². The van der Waals surface area contributed by atoms with Gasteiger partial charge in [0.1, 0.15) is 5.69 Å². The maximum Gasteiger partial charge on any atom is 0.433 e. The number of amidine groups is 1. The average molecular weight is 231 g/mol. The normalized spacial score (nSPS) is 12.8. The average Bonchev–Trinajstić information content (AvgIpc) is 2.26. The van der Waals surface area contributed by atoms with Crippen LogP contribution in [0.4, 0.5) is 18.9 Å². The van der Waals surface area contributed by atoms with Crippen LogP contribution in [0.15, 0.2) is 23.3 Å². The van der Waals surface area contributed by atoms with E-state index in [0.29, 0.717) is 11.5 Å². The van der Waals surface area contributed by atoms with E-state index in [2.05, 4.69) is 9.98 Å². The second kappa shape index (κ2) is 4.51. The van der Waals surface area contributed by atoms with Crippen LogP contribution in [0.1, 0.15) is 12.6 Å². The highest BCUT2D eigenvalue weighted by atomic mass is 19.4. The van der Waals surface area contributed by atoms with E-state index in [9.17, 15) is 13.2 Å². The van der Waals surface area contributed by atoms with E-state index in [0.717, 1.165) is 6.07 Å². The van der Waals surface area contributed by atoms with Gasteiger partial charge in [0.2, 0.25) is 0 Å². The summed E-state index contributed by atoms with van der Waals surface area (Å²) in [5.41, 5.74) is -0.327. The molecule has 0 unspecified atom stereocenters. The minimum atomic E-state index is -4.40. The topological polar surface area (TPSA) is 28.5 Å². The van der Waals surface area contributed by atoms with Crippen molar-refractivity contribution in [3.63, 3.8) is 0 Å². The van der Waals surface area contributed by atoms with Gasteiger partial charge in [-0.2, -0.15) is 13.2 Å². The van der Waals surface area contributed by atoms with Crippen LogP contribution >= 0.6 is 0 Å². The van der Waals surface area contributed by atoms with Crippen molar-refractivity contribution in [2.24, 2.45) is 4.99 Å². The number of alkyl halides is 3. The molecule has 0 N–H and O–H groups in total. The summed E-state index contributed by atoms with van der Waals surface area (Å²) in [4.78, 5) is 8.95. The summed E-state index contributed by atoms with van der Waals surface area (Å²) >= 11 is 0. The molecule has 0 aliphatic rings. The first kappa shape index (κ1) is 12.5. The largest absolute Gasteiger partial charge is 0.433 e. The van der Waals surface area contributed by atoms with Crippen molar-refractivity contribution in [3.05, 3.63) is 24.0 Å². The number of nitrogens with zero attached hydrogens (tertiary/aromatic N) is 3. The van der Waals surface area contributed by atoms with Crippen LogP contribution in [0.2, 0.25) is 0 Å². The molecule has 0 saturated carbocycles. The fraction of sp³-hybridized carbons (Fsp3) is 0.400. The predicted molar refractivity (Wildman–Crippen MR) is 56.7 cm³/mol. The third-order valence-corrected chi connectivity index (χ3v) is 2.23. The summed E-state index contributed by atoms with van der Waals surface area (Å²) in [6.45, 7) is 1.76.